The van der Waals surface area contributed by atoms with Crippen molar-refractivity contribution in [3.05, 3.63) is 22.8 Å². The molecule has 12 heteroatoms. The van der Waals surface area contributed by atoms with Crippen LogP contribution in [-0.2, 0) is 0 Å². The predicted molar refractivity (Wildman–Crippen MR) is 104 cm³/mol. The molecule has 0 aliphatic rings. The first kappa shape index (κ1) is 19.9. The Morgan fingerprint density at radius 1 is 0.677 bits per heavy atom. The van der Waals surface area contributed by atoms with E-state index in [1.807, 2.05) is 0 Å². The van der Waals surface area contributed by atoms with Gasteiger partial charge in [-0.05, 0) is 6.72 Å². The van der Waals surface area contributed by atoms with Crippen LogP contribution in [0, 0.1) is 68.0 Å². The number of rotatable bonds is 3. The fourth-order valence-electron chi connectivity index (χ4n) is 2.64. The second-order valence-corrected chi connectivity index (χ2v) is 5.54. The first-order chi connectivity index (χ1) is 15.1. The molecular formula is C19H4N12. The van der Waals surface area contributed by atoms with Gasteiger partial charge < -0.3 is 0 Å². The lowest BCUT2D eigenvalue weighted by Gasteiger charge is -2.10. The van der Waals surface area contributed by atoms with Gasteiger partial charge in [0.1, 0.15) is 69.5 Å². The molecule has 0 fully saturated rings. The molecule has 0 unspecified atom stereocenters. The van der Waals surface area contributed by atoms with Gasteiger partial charge in [0.15, 0.2) is 22.8 Å². The summed E-state index contributed by atoms with van der Waals surface area (Å²) in [5, 5.41) is 55.4. The Bertz CT molecular complexity index is 1590. The highest BCUT2D eigenvalue weighted by Gasteiger charge is 2.23. The zero-order valence-corrected chi connectivity index (χ0v) is 15.3. The summed E-state index contributed by atoms with van der Waals surface area (Å²) in [5.74, 6) is 0. The second kappa shape index (κ2) is 8.05. The minimum absolute atomic E-state index is 0.0285. The highest BCUT2D eigenvalue weighted by atomic mass is 15.0. The van der Waals surface area contributed by atoms with E-state index >= 15 is 0 Å². The van der Waals surface area contributed by atoms with Crippen LogP contribution in [0.4, 0.5) is 11.4 Å². The van der Waals surface area contributed by atoms with Crippen molar-refractivity contribution in [2.75, 3.05) is 0 Å². The predicted octanol–water partition coefficient (Wildman–Crippen LogP) is 1.90. The first-order valence-electron chi connectivity index (χ1n) is 8.07. The zero-order valence-electron chi connectivity index (χ0n) is 15.3. The molecule has 0 amide bonds. The maximum absolute atomic E-state index is 9.32. The van der Waals surface area contributed by atoms with E-state index in [-0.39, 0.29) is 68.3 Å². The number of fused-ring (bicyclic) bond motifs is 3. The molecule has 0 saturated carbocycles. The largest absolute Gasteiger partial charge is 0.260 e. The van der Waals surface area contributed by atoms with E-state index in [1.165, 1.54) is 0 Å². The molecule has 0 atom stereocenters. The van der Waals surface area contributed by atoms with Crippen LogP contribution in [0.15, 0.2) is 9.98 Å². The third-order valence-corrected chi connectivity index (χ3v) is 3.89. The smallest absolute Gasteiger partial charge is 0.177 e. The van der Waals surface area contributed by atoms with Crippen molar-refractivity contribution in [3.63, 3.8) is 0 Å². The van der Waals surface area contributed by atoms with Gasteiger partial charge in [0.05, 0.1) is 12.5 Å². The van der Waals surface area contributed by atoms with Gasteiger partial charge >= 0.3 is 0 Å². The summed E-state index contributed by atoms with van der Waals surface area (Å²) in [6.07, 6.45) is -0.329. The van der Waals surface area contributed by atoms with Crippen LogP contribution in [0.3, 0.4) is 0 Å². The summed E-state index contributed by atoms with van der Waals surface area (Å²) >= 11 is 0. The van der Waals surface area contributed by atoms with E-state index in [1.54, 1.807) is 36.4 Å². The summed E-state index contributed by atoms with van der Waals surface area (Å²) in [5.41, 5.74) is -1.76. The maximum Gasteiger partial charge on any atom is 0.177 e. The molecule has 140 valence electrons. The molecule has 2 aromatic heterocycles. The second-order valence-electron chi connectivity index (χ2n) is 5.54. The molecule has 0 bridgehead atoms. The van der Waals surface area contributed by atoms with E-state index in [9.17, 15) is 26.3 Å². The summed E-state index contributed by atoms with van der Waals surface area (Å²) < 4.78 is 0. The van der Waals surface area contributed by atoms with Crippen LogP contribution in [0.5, 0.6) is 0 Å². The minimum Gasteiger partial charge on any atom is -0.260 e. The molecule has 31 heavy (non-hydrogen) atoms. The number of nitrogens with zero attached hydrogens (tertiary/aromatic N) is 12. The zero-order chi connectivity index (χ0) is 22.5. The highest BCUT2D eigenvalue weighted by molar-refractivity contribution is 6.15. The lowest BCUT2D eigenvalue weighted by molar-refractivity contribution is 1.17. The van der Waals surface area contributed by atoms with E-state index < -0.39 is 0 Å². The highest BCUT2D eigenvalue weighted by Crippen LogP contribution is 2.41. The average Bonchev–Trinajstić information content (AvgIpc) is 2.81. The molecule has 0 aliphatic heterocycles. The Kier molecular flexibility index (Phi) is 5.17. The third-order valence-electron chi connectivity index (χ3n) is 3.89. The van der Waals surface area contributed by atoms with Crippen molar-refractivity contribution in [2.45, 2.75) is 6.42 Å². The minimum atomic E-state index is -0.329. The molecule has 2 heterocycles. The van der Waals surface area contributed by atoms with Gasteiger partial charge in [-0.3, -0.25) is 4.99 Å². The topological polar surface area (TPSA) is 219 Å². The molecule has 3 rings (SSSR count). The lowest BCUT2D eigenvalue weighted by Crippen LogP contribution is -2.02. The summed E-state index contributed by atoms with van der Waals surface area (Å²) in [7, 11) is 0. The van der Waals surface area contributed by atoms with Crippen molar-refractivity contribution in [3.8, 4) is 36.4 Å². The van der Waals surface area contributed by atoms with Gasteiger partial charge in [-0.1, -0.05) is 0 Å². The Balaban J connectivity index is 2.71. The number of hydrogen-bond donors (Lipinski definition) is 0. The SMILES string of the molecule is C=Nc1c(/N=C(/C#N)CC#N)c2nc(C#N)c(C#N)nc2c2nc(C#N)c(C#N)nc12. The number of aliphatic imine (C=N–C) groups is 2. The van der Waals surface area contributed by atoms with Crippen molar-refractivity contribution in [1.82, 2.24) is 19.9 Å². The van der Waals surface area contributed by atoms with Crippen LogP contribution < -0.4 is 0 Å². The van der Waals surface area contributed by atoms with Crippen molar-refractivity contribution < 1.29 is 0 Å². The fourth-order valence-corrected chi connectivity index (χ4v) is 2.64. The Morgan fingerprint density at radius 3 is 1.45 bits per heavy atom. The van der Waals surface area contributed by atoms with Crippen LogP contribution in [-0.4, -0.2) is 32.4 Å². The monoisotopic (exact) mass is 400 g/mol. The van der Waals surface area contributed by atoms with E-state index in [0.29, 0.717) is 0 Å². The average molecular weight is 400 g/mol. The van der Waals surface area contributed by atoms with E-state index in [4.69, 9.17) is 5.26 Å². The molecule has 12 nitrogen and oxygen atoms in total. The van der Waals surface area contributed by atoms with E-state index in [2.05, 4.69) is 36.6 Å². The fraction of sp³-hybridized carbons (Fsp3) is 0.0526. The van der Waals surface area contributed by atoms with E-state index in [0.717, 1.165) is 0 Å². The van der Waals surface area contributed by atoms with Crippen molar-refractivity contribution in [2.24, 2.45) is 9.98 Å². The third kappa shape index (κ3) is 3.18. The maximum atomic E-state index is 9.32. The van der Waals surface area contributed by atoms with Crippen LogP contribution >= 0.6 is 0 Å². The van der Waals surface area contributed by atoms with Gasteiger partial charge in [-0.25, -0.2) is 24.9 Å². The van der Waals surface area contributed by atoms with Crippen LogP contribution in [0.1, 0.15) is 29.2 Å². The molecule has 0 saturated heterocycles. The van der Waals surface area contributed by atoms with Gasteiger partial charge in [-0.2, -0.15) is 31.6 Å². The molecule has 3 aromatic rings. The molecule has 0 spiro atoms. The number of aromatic nitrogens is 4. The molecule has 1 aromatic carbocycles. The summed E-state index contributed by atoms with van der Waals surface area (Å²) in [6, 6.07) is 10.6. The van der Waals surface area contributed by atoms with Gasteiger partial charge in [0.2, 0.25) is 0 Å². The summed E-state index contributed by atoms with van der Waals surface area (Å²) in [6.45, 7) is 3.45. The molecule has 0 aliphatic carbocycles. The van der Waals surface area contributed by atoms with Gasteiger partial charge in [0, 0.05) is 0 Å². The van der Waals surface area contributed by atoms with Crippen molar-refractivity contribution in [1.29, 1.82) is 31.6 Å². The van der Waals surface area contributed by atoms with Crippen LogP contribution in [0.25, 0.3) is 22.1 Å². The Hall–Kier alpha value is -5.82. The normalized spacial score (nSPS) is 10.2. The quantitative estimate of drug-likeness (QED) is 0.458. The standard InChI is InChI=1S/C19H4N12/c1-26-14-15(27-9(4-21)2-3-20)17-19(31-13(8-25)12(7-24)29-17)18-16(14)28-10(5-22)11(6-23)30-18/h1-2H2/b27-9+. The number of benzene rings is 1. The molecular weight excluding hydrogens is 396 g/mol. The Labute approximate surface area is 173 Å². The molecule has 0 N–H and O–H groups in total. The lowest BCUT2D eigenvalue weighted by atomic mass is 10.1. The summed E-state index contributed by atoms with van der Waals surface area (Å²) in [4.78, 5) is 24.5. The Morgan fingerprint density at radius 2 is 1.10 bits per heavy atom. The van der Waals surface area contributed by atoms with Crippen LogP contribution in [0.2, 0.25) is 0 Å². The van der Waals surface area contributed by atoms with Crippen molar-refractivity contribution >= 4 is 45.9 Å². The number of nitriles is 6. The number of hydrogen-bond acceptors (Lipinski definition) is 12. The molecule has 0 radical (unpaired) electrons. The van der Waals surface area contributed by atoms with Gasteiger partial charge in [0.25, 0.3) is 0 Å². The van der Waals surface area contributed by atoms with Gasteiger partial charge in [-0.15, -0.1) is 0 Å². The first-order valence-corrected chi connectivity index (χ1v) is 8.07.